The molecule has 0 bridgehead atoms. The molecule has 2 unspecified atom stereocenters. The summed E-state index contributed by atoms with van der Waals surface area (Å²) in [6, 6.07) is 9.34. The van der Waals surface area contributed by atoms with Gasteiger partial charge in [0.05, 0.1) is 10.00 Å². The van der Waals surface area contributed by atoms with Crippen LogP contribution >= 0.6 is 23.6 Å². The third kappa shape index (κ3) is 4.09. The summed E-state index contributed by atoms with van der Waals surface area (Å²) in [4.78, 5) is 16.8. The van der Waals surface area contributed by atoms with Gasteiger partial charge in [-0.15, -0.1) is 11.3 Å². The van der Waals surface area contributed by atoms with Crippen LogP contribution in [0.4, 0.5) is 0 Å². The Morgan fingerprint density at radius 2 is 2.14 bits per heavy atom. The van der Waals surface area contributed by atoms with Crippen molar-refractivity contribution >= 4 is 34.5 Å². The smallest absolute Gasteiger partial charge is 0.234 e. The van der Waals surface area contributed by atoms with Crippen LogP contribution in [0, 0.1) is 0 Å². The Balaban J connectivity index is 2.01. The molecule has 0 saturated carbocycles. The predicted octanol–water partition coefficient (Wildman–Crippen LogP) is 2.43. The van der Waals surface area contributed by atoms with Crippen molar-refractivity contribution in [3.8, 4) is 0 Å². The number of hydrogen-bond acceptors (Lipinski definition) is 4. The summed E-state index contributed by atoms with van der Waals surface area (Å²) in [5, 5.41) is 5.84. The first-order valence-electron chi connectivity index (χ1n) is 6.61. The minimum Gasteiger partial charge on any atom is -0.392 e. The van der Waals surface area contributed by atoms with Crippen molar-refractivity contribution in [3.63, 3.8) is 0 Å². The largest absolute Gasteiger partial charge is 0.392 e. The van der Waals surface area contributed by atoms with Gasteiger partial charge in [-0.3, -0.25) is 4.79 Å². The summed E-state index contributed by atoms with van der Waals surface area (Å²) in [5.74, 6) is -0.599. The van der Waals surface area contributed by atoms with Crippen LogP contribution in [0.25, 0.3) is 0 Å². The predicted molar refractivity (Wildman–Crippen MR) is 89.5 cm³/mol. The van der Waals surface area contributed by atoms with E-state index < -0.39 is 5.92 Å². The summed E-state index contributed by atoms with van der Waals surface area (Å²) in [6.45, 7) is 2.54. The van der Waals surface area contributed by atoms with Gasteiger partial charge in [0, 0.05) is 24.0 Å². The van der Waals surface area contributed by atoms with Crippen LogP contribution < -0.4 is 11.1 Å². The van der Waals surface area contributed by atoms with E-state index in [4.69, 9.17) is 18.0 Å². The lowest BCUT2D eigenvalue weighted by atomic mass is 9.98. The Bertz CT molecular complexity index is 599. The summed E-state index contributed by atoms with van der Waals surface area (Å²) in [7, 11) is 0. The highest BCUT2D eigenvalue weighted by Crippen LogP contribution is 2.19. The minimum absolute atomic E-state index is 0.164. The average Bonchev–Trinajstić information content (AvgIpc) is 3.00. The van der Waals surface area contributed by atoms with E-state index in [0.717, 1.165) is 10.6 Å². The molecular formula is C15H17N3OS2. The maximum absolute atomic E-state index is 12.4. The number of nitrogens with one attached hydrogen (secondary N) is 1. The van der Waals surface area contributed by atoms with Crippen LogP contribution in [0.5, 0.6) is 0 Å². The zero-order valence-electron chi connectivity index (χ0n) is 11.7. The van der Waals surface area contributed by atoms with E-state index in [0.29, 0.717) is 6.54 Å². The van der Waals surface area contributed by atoms with Gasteiger partial charge in [0.1, 0.15) is 5.92 Å². The fourth-order valence-corrected chi connectivity index (χ4v) is 2.95. The maximum atomic E-state index is 12.4. The number of thiocarbonyl (C=S) groups is 1. The van der Waals surface area contributed by atoms with Crippen molar-refractivity contribution in [1.82, 2.24) is 10.3 Å². The minimum atomic E-state index is -0.593. The van der Waals surface area contributed by atoms with E-state index >= 15 is 0 Å². The van der Waals surface area contributed by atoms with E-state index in [1.165, 1.54) is 0 Å². The van der Waals surface area contributed by atoms with Crippen LogP contribution in [-0.4, -0.2) is 22.4 Å². The first-order chi connectivity index (χ1) is 10.1. The van der Waals surface area contributed by atoms with Gasteiger partial charge in [-0.05, 0) is 5.56 Å². The van der Waals surface area contributed by atoms with Gasteiger partial charge < -0.3 is 11.1 Å². The quantitative estimate of drug-likeness (QED) is 0.803. The van der Waals surface area contributed by atoms with E-state index in [-0.39, 0.29) is 16.8 Å². The second kappa shape index (κ2) is 7.28. The number of carbonyl (C=O) groups is 1. The fourth-order valence-electron chi connectivity index (χ4n) is 2.01. The molecule has 0 fully saturated rings. The molecule has 6 heteroatoms. The normalized spacial score (nSPS) is 13.4. The summed E-state index contributed by atoms with van der Waals surface area (Å²) < 4.78 is 0. The van der Waals surface area contributed by atoms with Gasteiger partial charge in [0.25, 0.3) is 0 Å². The van der Waals surface area contributed by atoms with E-state index in [1.54, 1.807) is 17.5 Å². The molecule has 0 aliphatic heterocycles. The number of aromatic nitrogens is 1. The number of hydrogen-bond donors (Lipinski definition) is 2. The second-order valence-corrected chi connectivity index (χ2v) is 6.16. The maximum Gasteiger partial charge on any atom is 0.234 e. The lowest BCUT2D eigenvalue weighted by molar-refractivity contribution is -0.121. The molecule has 0 aliphatic carbocycles. The number of amides is 1. The molecule has 2 rings (SSSR count). The number of nitrogens with zero attached hydrogens (tertiary/aromatic N) is 1. The van der Waals surface area contributed by atoms with Crippen LogP contribution in [0.3, 0.4) is 0 Å². The zero-order valence-corrected chi connectivity index (χ0v) is 13.3. The number of rotatable bonds is 6. The Hall–Kier alpha value is -1.79. The van der Waals surface area contributed by atoms with Crippen molar-refractivity contribution in [2.24, 2.45) is 5.73 Å². The summed E-state index contributed by atoms with van der Waals surface area (Å²) in [5.41, 5.74) is 6.54. The second-order valence-electron chi connectivity index (χ2n) is 4.76. The molecule has 4 nitrogen and oxygen atoms in total. The number of nitrogens with two attached hydrogens (primary N) is 1. The average molecular weight is 319 g/mol. The Morgan fingerprint density at radius 3 is 2.71 bits per heavy atom. The first kappa shape index (κ1) is 15.6. The molecule has 21 heavy (non-hydrogen) atoms. The van der Waals surface area contributed by atoms with Crippen molar-refractivity contribution in [3.05, 3.63) is 52.5 Å². The molecular weight excluding hydrogens is 302 g/mol. The summed E-state index contributed by atoms with van der Waals surface area (Å²) >= 11 is 6.62. The molecule has 110 valence electrons. The van der Waals surface area contributed by atoms with Gasteiger partial charge in [-0.1, -0.05) is 49.5 Å². The standard InChI is InChI=1S/C15H17N3OS2/c1-10(15-17-7-8-21-15)9-18-14(19)12(13(16)20)11-5-3-2-4-6-11/h2-8,10,12H,9H2,1H3,(H2,16,20)(H,18,19). The molecule has 2 atom stereocenters. The third-order valence-electron chi connectivity index (χ3n) is 3.14. The van der Waals surface area contributed by atoms with Crippen molar-refractivity contribution < 1.29 is 4.79 Å². The van der Waals surface area contributed by atoms with Crippen molar-refractivity contribution in [2.45, 2.75) is 18.8 Å². The molecule has 1 amide bonds. The molecule has 0 saturated heterocycles. The number of thiazole rings is 1. The Kier molecular flexibility index (Phi) is 5.41. The van der Waals surface area contributed by atoms with Crippen LogP contribution in [0.2, 0.25) is 0 Å². The van der Waals surface area contributed by atoms with Gasteiger partial charge in [-0.2, -0.15) is 0 Å². The molecule has 0 radical (unpaired) electrons. The van der Waals surface area contributed by atoms with E-state index in [9.17, 15) is 4.79 Å². The number of benzene rings is 1. The fraction of sp³-hybridized carbons (Fsp3) is 0.267. The van der Waals surface area contributed by atoms with Gasteiger partial charge >= 0.3 is 0 Å². The van der Waals surface area contributed by atoms with E-state index in [1.807, 2.05) is 42.6 Å². The highest BCUT2D eigenvalue weighted by Gasteiger charge is 2.23. The van der Waals surface area contributed by atoms with Crippen LogP contribution in [0.15, 0.2) is 41.9 Å². The van der Waals surface area contributed by atoms with Gasteiger partial charge in [0.15, 0.2) is 0 Å². The molecule has 0 aliphatic rings. The third-order valence-corrected chi connectivity index (χ3v) is 4.38. The Morgan fingerprint density at radius 1 is 1.43 bits per heavy atom. The topological polar surface area (TPSA) is 68.0 Å². The van der Waals surface area contributed by atoms with Crippen LogP contribution in [0.1, 0.15) is 29.3 Å². The van der Waals surface area contributed by atoms with Gasteiger partial charge in [-0.25, -0.2) is 4.98 Å². The zero-order chi connectivity index (χ0) is 15.2. The molecule has 1 aromatic carbocycles. The van der Waals surface area contributed by atoms with Crippen molar-refractivity contribution in [2.75, 3.05) is 6.54 Å². The molecule has 1 heterocycles. The number of carbonyl (C=O) groups excluding carboxylic acids is 1. The molecule has 2 aromatic rings. The molecule has 3 N–H and O–H groups in total. The lowest BCUT2D eigenvalue weighted by Gasteiger charge is -2.17. The first-order valence-corrected chi connectivity index (χ1v) is 7.89. The highest BCUT2D eigenvalue weighted by molar-refractivity contribution is 7.80. The van der Waals surface area contributed by atoms with E-state index in [2.05, 4.69) is 10.3 Å². The van der Waals surface area contributed by atoms with Crippen LogP contribution in [-0.2, 0) is 4.79 Å². The Labute approximate surface area is 133 Å². The van der Waals surface area contributed by atoms with Crippen molar-refractivity contribution in [1.29, 1.82) is 0 Å². The SMILES string of the molecule is CC(CNC(=O)C(C(N)=S)c1ccccc1)c1nccs1. The monoisotopic (exact) mass is 319 g/mol. The van der Waals surface area contributed by atoms with Gasteiger partial charge in [0.2, 0.25) is 5.91 Å². The highest BCUT2D eigenvalue weighted by atomic mass is 32.1. The lowest BCUT2D eigenvalue weighted by Crippen LogP contribution is -2.37. The molecule has 0 spiro atoms. The molecule has 1 aromatic heterocycles. The summed E-state index contributed by atoms with van der Waals surface area (Å²) in [6.07, 6.45) is 1.76.